The second kappa shape index (κ2) is 5.02. The summed E-state index contributed by atoms with van der Waals surface area (Å²) in [6.07, 6.45) is 3.78. The number of likely N-dealkylation sites (tertiary alicyclic amines) is 1. The van der Waals surface area contributed by atoms with Crippen molar-refractivity contribution in [2.24, 2.45) is 17.6 Å². The molecule has 2 heteroatoms. The van der Waals surface area contributed by atoms with Gasteiger partial charge in [-0.2, -0.15) is 0 Å². The number of nitrogens with zero attached hydrogens (tertiary/aromatic N) is 1. The van der Waals surface area contributed by atoms with Crippen LogP contribution in [0.4, 0.5) is 0 Å². The molecule has 2 aliphatic rings. The van der Waals surface area contributed by atoms with E-state index in [0.29, 0.717) is 12.1 Å². The lowest BCUT2D eigenvalue weighted by molar-refractivity contribution is 0.218. The Kier molecular flexibility index (Phi) is 3.40. The van der Waals surface area contributed by atoms with E-state index >= 15 is 0 Å². The van der Waals surface area contributed by atoms with Gasteiger partial charge in [-0.1, -0.05) is 37.3 Å². The van der Waals surface area contributed by atoms with Crippen LogP contribution in [-0.2, 0) is 0 Å². The number of hydrogen-bond donors (Lipinski definition) is 1. The van der Waals surface area contributed by atoms with E-state index in [1.54, 1.807) is 0 Å². The van der Waals surface area contributed by atoms with Crippen molar-refractivity contribution < 1.29 is 0 Å². The highest BCUT2D eigenvalue weighted by Crippen LogP contribution is 2.41. The van der Waals surface area contributed by atoms with Crippen LogP contribution in [-0.4, -0.2) is 24.0 Å². The average molecular weight is 244 g/mol. The van der Waals surface area contributed by atoms with Gasteiger partial charge < -0.3 is 5.73 Å². The van der Waals surface area contributed by atoms with Crippen molar-refractivity contribution in [3.63, 3.8) is 0 Å². The summed E-state index contributed by atoms with van der Waals surface area (Å²) in [6, 6.07) is 12.0. The zero-order valence-corrected chi connectivity index (χ0v) is 11.3. The topological polar surface area (TPSA) is 29.3 Å². The van der Waals surface area contributed by atoms with Gasteiger partial charge in [0.05, 0.1) is 0 Å². The van der Waals surface area contributed by atoms with Crippen LogP contribution in [0.1, 0.15) is 37.8 Å². The van der Waals surface area contributed by atoms with Gasteiger partial charge in [-0.25, -0.2) is 0 Å². The molecule has 0 radical (unpaired) electrons. The minimum Gasteiger partial charge on any atom is -0.327 e. The summed E-state index contributed by atoms with van der Waals surface area (Å²) in [7, 11) is 0. The quantitative estimate of drug-likeness (QED) is 0.886. The first-order chi connectivity index (χ1) is 8.79. The maximum Gasteiger partial charge on any atom is 0.0345 e. The molecule has 0 aromatic heterocycles. The molecule has 1 aromatic carbocycles. The molecule has 1 saturated heterocycles. The molecule has 1 heterocycles. The molecule has 1 saturated carbocycles. The summed E-state index contributed by atoms with van der Waals surface area (Å²) in [4.78, 5) is 2.67. The molecule has 98 valence electrons. The van der Waals surface area contributed by atoms with Crippen LogP contribution < -0.4 is 5.73 Å². The molecule has 2 N–H and O–H groups in total. The first-order valence-corrected chi connectivity index (χ1v) is 7.34. The summed E-state index contributed by atoms with van der Waals surface area (Å²) in [5, 5.41) is 0. The van der Waals surface area contributed by atoms with Crippen LogP contribution in [0.2, 0.25) is 0 Å². The number of hydrogen-bond acceptors (Lipinski definition) is 2. The second-order valence-electron chi connectivity index (χ2n) is 5.95. The van der Waals surface area contributed by atoms with Crippen LogP contribution in [0, 0.1) is 11.8 Å². The summed E-state index contributed by atoms with van der Waals surface area (Å²) in [6.45, 7) is 4.76. The molecular formula is C16H24N2. The van der Waals surface area contributed by atoms with Crippen LogP contribution in [0.15, 0.2) is 30.3 Å². The van der Waals surface area contributed by atoms with Gasteiger partial charge in [0.2, 0.25) is 0 Å². The molecule has 2 nitrogen and oxygen atoms in total. The van der Waals surface area contributed by atoms with Gasteiger partial charge in [0.25, 0.3) is 0 Å². The molecular weight excluding hydrogens is 220 g/mol. The zero-order chi connectivity index (χ0) is 12.5. The zero-order valence-electron chi connectivity index (χ0n) is 11.3. The van der Waals surface area contributed by atoms with Crippen molar-refractivity contribution in [3.8, 4) is 0 Å². The van der Waals surface area contributed by atoms with Crippen molar-refractivity contribution in [1.29, 1.82) is 0 Å². The standard InChI is InChI=1S/C16H24N2/c1-2-16(12-6-4-3-5-7-12)18-10-13-8-9-15(17)14(13)11-18/h3-7,13-16H,2,8-11,17H2,1H3. The first kappa shape index (κ1) is 12.2. The summed E-state index contributed by atoms with van der Waals surface area (Å²) in [5.74, 6) is 1.61. The van der Waals surface area contributed by atoms with Gasteiger partial charge in [-0.15, -0.1) is 0 Å². The highest BCUT2D eigenvalue weighted by Gasteiger charge is 2.42. The van der Waals surface area contributed by atoms with Gasteiger partial charge >= 0.3 is 0 Å². The average Bonchev–Trinajstić information content (AvgIpc) is 2.95. The minimum atomic E-state index is 0.452. The normalized spacial score (nSPS) is 33.6. The van der Waals surface area contributed by atoms with Crippen molar-refractivity contribution >= 4 is 0 Å². The van der Waals surface area contributed by atoms with Crippen molar-refractivity contribution in [2.45, 2.75) is 38.3 Å². The maximum absolute atomic E-state index is 6.24. The minimum absolute atomic E-state index is 0.452. The molecule has 18 heavy (non-hydrogen) atoms. The first-order valence-electron chi connectivity index (χ1n) is 7.34. The molecule has 0 bridgehead atoms. The Morgan fingerprint density at radius 2 is 2.00 bits per heavy atom. The third-order valence-corrected chi connectivity index (χ3v) is 4.95. The maximum atomic E-state index is 6.24. The molecule has 0 spiro atoms. The lowest BCUT2D eigenvalue weighted by Gasteiger charge is -2.28. The monoisotopic (exact) mass is 244 g/mol. The third-order valence-electron chi connectivity index (χ3n) is 4.95. The lowest BCUT2D eigenvalue weighted by atomic mass is 9.98. The highest BCUT2D eigenvalue weighted by molar-refractivity contribution is 5.19. The Labute approximate surface area is 110 Å². The van der Waals surface area contributed by atoms with Crippen LogP contribution in [0.3, 0.4) is 0 Å². The van der Waals surface area contributed by atoms with E-state index in [0.717, 1.165) is 11.8 Å². The number of fused-ring (bicyclic) bond motifs is 1. The van der Waals surface area contributed by atoms with E-state index in [4.69, 9.17) is 5.73 Å². The predicted molar refractivity (Wildman–Crippen MR) is 75.2 cm³/mol. The van der Waals surface area contributed by atoms with E-state index in [9.17, 15) is 0 Å². The molecule has 1 aliphatic heterocycles. The second-order valence-corrected chi connectivity index (χ2v) is 5.95. The fourth-order valence-electron chi connectivity index (χ4n) is 3.98. The van der Waals surface area contributed by atoms with Crippen molar-refractivity contribution in [1.82, 2.24) is 4.90 Å². The number of nitrogens with two attached hydrogens (primary N) is 1. The number of rotatable bonds is 3. The molecule has 1 aromatic rings. The molecule has 1 aliphatic carbocycles. The van der Waals surface area contributed by atoms with Crippen molar-refractivity contribution in [3.05, 3.63) is 35.9 Å². The largest absolute Gasteiger partial charge is 0.327 e. The van der Waals surface area contributed by atoms with Gasteiger partial charge in [-0.3, -0.25) is 4.90 Å². The Morgan fingerprint density at radius 3 is 2.67 bits per heavy atom. The van der Waals surface area contributed by atoms with Gasteiger partial charge in [0, 0.05) is 25.2 Å². The smallest absolute Gasteiger partial charge is 0.0345 e. The van der Waals surface area contributed by atoms with E-state index in [2.05, 4.69) is 42.2 Å². The fraction of sp³-hybridized carbons (Fsp3) is 0.625. The molecule has 4 unspecified atom stereocenters. The summed E-state index contributed by atoms with van der Waals surface area (Å²) < 4.78 is 0. The summed E-state index contributed by atoms with van der Waals surface area (Å²) >= 11 is 0. The van der Waals surface area contributed by atoms with Crippen LogP contribution in [0.5, 0.6) is 0 Å². The van der Waals surface area contributed by atoms with Gasteiger partial charge in [-0.05, 0) is 36.7 Å². The van der Waals surface area contributed by atoms with Crippen molar-refractivity contribution in [2.75, 3.05) is 13.1 Å². The van der Waals surface area contributed by atoms with Crippen LogP contribution in [0.25, 0.3) is 0 Å². The Bertz CT molecular complexity index is 389. The van der Waals surface area contributed by atoms with E-state index in [1.165, 1.54) is 37.9 Å². The van der Waals surface area contributed by atoms with E-state index < -0.39 is 0 Å². The van der Waals surface area contributed by atoms with E-state index in [-0.39, 0.29) is 0 Å². The Balaban J connectivity index is 1.75. The summed E-state index contributed by atoms with van der Waals surface area (Å²) in [5.41, 5.74) is 7.70. The molecule has 3 rings (SSSR count). The Morgan fingerprint density at radius 1 is 1.22 bits per heavy atom. The molecule has 0 amide bonds. The SMILES string of the molecule is CCC(c1ccccc1)N1CC2CCC(N)C2C1. The number of benzene rings is 1. The van der Waals surface area contributed by atoms with Crippen LogP contribution >= 0.6 is 0 Å². The predicted octanol–water partition coefficient (Wildman–Crippen LogP) is 2.81. The molecule has 2 fully saturated rings. The van der Waals surface area contributed by atoms with Gasteiger partial charge in [0.15, 0.2) is 0 Å². The third kappa shape index (κ3) is 2.08. The highest BCUT2D eigenvalue weighted by atomic mass is 15.2. The van der Waals surface area contributed by atoms with Gasteiger partial charge in [0.1, 0.15) is 0 Å². The molecule has 4 atom stereocenters. The lowest BCUT2D eigenvalue weighted by Crippen LogP contribution is -2.32. The Hall–Kier alpha value is -0.860. The fourth-order valence-corrected chi connectivity index (χ4v) is 3.98. The van der Waals surface area contributed by atoms with E-state index in [1.807, 2.05) is 0 Å².